The molecule has 0 aromatic rings. The van der Waals surface area contributed by atoms with Crippen molar-refractivity contribution in [3.8, 4) is 0 Å². The third-order valence-corrected chi connectivity index (χ3v) is 2.76. The average Bonchev–Trinajstić information content (AvgIpc) is 1.97. The number of rotatable bonds is 3. The zero-order valence-corrected chi connectivity index (χ0v) is 8.00. The fourth-order valence-electron chi connectivity index (χ4n) is 1.50. The molecule has 3 heteroatoms. The van der Waals surface area contributed by atoms with Gasteiger partial charge in [-0.05, 0) is 40.3 Å². The van der Waals surface area contributed by atoms with E-state index in [0.29, 0.717) is 6.04 Å². The first-order valence-electron chi connectivity index (χ1n) is 4.37. The van der Waals surface area contributed by atoms with E-state index in [1.165, 1.54) is 0 Å². The molecule has 1 unspecified atom stereocenters. The second kappa shape index (κ2) is 3.05. The molecule has 1 saturated heterocycles. The third kappa shape index (κ3) is 1.78. The van der Waals surface area contributed by atoms with Gasteiger partial charge in [0, 0.05) is 6.04 Å². The van der Waals surface area contributed by atoms with Gasteiger partial charge in [-0.1, -0.05) is 0 Å². The van der Waals surface area contributed by atoms with E-state index in [0.717, 1.165) is 19.4 Å². The van der Waals surface area contributed by atoms with Gasteiger partial charge in [-0.3, -0.25) is 4.79 Å². The van der Waals surface area contributed by atoms with Gasteiger partial charge in [0.25, 0.3) is 0 Å². The van der Waals surface area contributed by atoms with E-state index in [9.17, 15) is 4.79 Å². The maximum Gasteiger partial charge on any atom is 0.309 e. The largest absolute Gasteiger partial charge is 0.481 e. The Morgan fingerprint density at radius 3 is 2.50 bits per heavy atom. The summed E-state index contributed by atoms with van der Waals surface area (Å²) in [6, 6.07) is 0.482. The summed E-state index contributed by atoms with van der Waals surface area (Å²) in [5.74, 6) is -0.692. The Morgan fingerprint density at radius 1 is 1.67 bits per heavy atom. The maximum atomic E-state index is 10.8. The Hall–Kier alpha value is -0.570. The summed E-state index contributed by atoms with van der Waals surface area (Å²) in [5, 5.41) is 8.88. The zero-order chi connectivity index (χ0) is 9.35. The molecule has 0 bridgehead atoms. The molecular weight excluding hydrogens is 154 g/mol. The van der Waals surface area contributed by atoms with Gasteiger partial charge in [0.05, 0.1) is 5.41 Å². The fourth-order valence-corrected chi connectivity index (χ4v) is 1.50. The van der Waals surface area contributed by atoms with Crippen molar-refractivity contribution in [2.24, 2.45) is 5.41 Å². The van der Waals surface area contributed by atoms with E-state index in [1.54, 1.807) is 13.8 Å². The Bertz CT molecular complexity index is 189. The first-order valence-corrected chi connectivity index (χ1v) is 4.37. The molecule has 0 radical (unpaired) electrons. The highest BCUT2D eigenvalue weighted by Crippen LogP contribution is 2.29. The maximum absolute atomic E-state index is 10.8. The zero-order valence-electron chi connectivity index (χ0n) is 8.00. The van der Waals surface area contributed by atoms with Crippen LogP contribution >= 0.6 is 0 Å². The average molecular weight is 171 g/mol. The quantitative estimate of drug-likeness (QED) is 0.693. The van der Waals surface area contributed by atoms with E-state index in [-0.39, 0.29) is 0 Å². The van der Waals surface area contributed by atoms with E-state index in [1.807, 2.05) is 7.05 Å². The topological polar surface area (TPSA) is 40.5 Å². The standard InChI is InChI=1S/C9H17NO2/c1-9(2,8(11)12)6-7-4-5-10(7)3/h7H,4-6H2,1-3H3,(H,11,12). The number of likely N-dealkylation sites (tertiary alicyclic amines) is 1. The van der Waals surface area contributed by atoms with Gasteiger partial charge in [-0.15, -0.1) is 0 Å². The van der Waals surface area contributed by atoms with Crippen molar-refractivity contribution in [1.29, 1.82) is 0 Å². The highest BCUT2D eigenvalue weighted by Gasteiger charge is 2.35. The minimum Gasteiger partial charge on any atom is -0.481 e. The highest BCUT2D eigenvalue weighted by atomic mass is 16.4. The third-order valence-electron chi connectivity index (χ3n) is 2.76. The molecule has 3 nitrogen and oxygen atoms in total. The molecule has 1 rings (SSSR count). The van der Waals surface area contributed by atoms with Gasteiger partial charge < -0.3 is 10.0 Å². The first-order chi connectivity index (χ1) is 5.43. The molecular formula is C9H17NO2. The molecule has 1 heterocycles. The van der Waals surface area contributed by atoms with Gasteiger partial charge in [-0.2, -0.15) is 0 Å². The number of aliphatic carboxylic acids is 1. The van der Waals surface area contributed by atoms with Crippen molar-refractivity contribution in [2.75, 3.05) is 13.6 Å². The summed E-state index contributed by atoms with van der Waals surface area (Å²) in [6.45, 7) is 4.70. The van der Waals surface area contributed by atoms with Crippen LogP contribution in [-0.2, 0) is 4.79 Å². The number of carboxylic acid groups (broad SMARTS) is 1. The van der Waals surface area contributed by atoms with Crippen molar-refractivity contribution < 1.29 is 9.90 Å². The van der Waals surface area contributed by atoms with E-state index in [2.05, 4.69) is 4.90 Å². The summed E-state index contributed by atoms with van der Waals surface area (Å²) >= 11 is 0. The highest BCUT2D eigenvalue weighted by molar-refractivity contribution is 5.73. The Morgan fingerprint density at radius 2 is 2.25 bits per heavy atom. The molecule has 1 atom stereocenters. The van der Waals surface area contributed by atoms with Gasteiger partial charge in [-0.25, -0.2) is 0 Å². The van der Waals surface area contributed by atoms with Crippen molar-refractivity contribution in [1.82, 2.24) is 4.90 Å². The summed E-state index contributed by atoms with van der Waals surface area (Å²) in [5.41, 5.74) is -0.570. The lowest BCUT2D eigenvalue weighted by Crippen LogP contribution is -2.47. The normalized spacial score (nSPS) is 25.1. The van der Waals surface area contributed by atoms with E-state index < -0.39 is 11.4 Å². The lowest BCUT2D eigenvalue weighted by Gasteiger charge is -2.41. The summed E-state index contributed by atoms with van der Waals surface area (Å²) < 4.78 is 0. The smallest absolute Gasteiger partial charge is 0.309 e. The Labute approximate surface area is 73.4 Å². The summed E-state index contributed by atoms with van der Waals surface area (Å²) in [7, 11) is 2.05. The van der Waals surface area contributed by atoms with Crippen LogP contribution in [0.15, 0.2) is 0 Å². The molecule has 0 aromatic carbocycles. The SMILES string of the molecule is CN1CCC1CC(C)(C)C(=O)O. The van der Waals surface area contributed by atoms with E-state index >= 15 is 0 Å². The minimum atomic E-state index is -0.692. The molecule has 0 amide bonds. The van der Waals surface area contributed by atoms with Gasteiger partial charge >= 0.3 is 5.97 Å². The van der Waals surface area contributed by atoms with Gasteiger partial charge in [0.15, 0.2) is 0 Å². The van der Waals surface area contributed by atoms with Crippen LogP contribution in [0.5, 0.6) is 0 Å². The molecule has 12 heavy (non-hydrogen) atoms. The molecule has 0 aromatic heterocycles. The van der Waals surface area contributed by atoms with Crippen LogP contribution in [0.4, 0.5) is 0 Å². The number of carboxylic acids is 1. The predicted molar refractivity (Wildman–Crippen MR) is 47.1 cm³/mol. The van der Waals surface area contributed by atoms with E-state index in [4.69, 9.17) is 5.11 Å². The fraction of sp³-hybridized carbons (Fsp3) is 0.889. The predicted octanol–water partition coefficient (Wildman–Crippen LogP) is 1.19. The second-order valence-corrected chi connectivity index (χ2v) is 4.32. The Balaban J connectivity index is 2.44. The molecule has 1 aliphatic heterocycles. The van der Waals surface area contributed by atoms with Crippen LogP contribution in [0.25, 0.3) is 0 Å². The molecule has 0 spiro atoms. The van der Waals surface area contributed by atoms with Crippen molar-refractivity contribution in [2.45, 2.75) is 32.7 Å². The van der Waals surface area contributed by atoms with Crippen molar-refractivity contribution in [3.63, 3.8) is 0 Å². The number of hydrogen-bond acceptors (Lipinski definition) is 2. The molecule has 1 fully saturated rings. The number of nitrogens with zero attached hydrogens (tertiary/aromatic N) is 1. The molecule has 1 N–H and O–H groups in total. The van der Waals surface area contributed by atoms with Gasteiger partial charge in [0.1, 0.15) is 0 Å². The van der Waals surface area contributed by atoms with Crippen LogP contribution in [0, 0.1) is 5.41 Å². The van der Waals surface area contributed by atoms with Crippen LogP contribution in [0.2, 0.25) is 0 Å². The van der Waals surface area contributed by atoms with Crippen molar-refractivity contribution >= 4 is 5.97 Å². The van der Waals surface area contributed by atoms with Crippen LogP contribution < -0.4 is 0 Å². The molecule has 1 aliphatic rings. The summed E-state index contributed by atoms with van der Waals surface area (Å²) in [6.07, 6.45) is 1.91. The molecule has 0 saturated carbocycles. The second-order valence-electron chi connectivity index (χ2n) is 4.32. The van der Waals surface area contributed by atoms with Crippen LogP contribution in [-0.4, -0.2) is 35.6 Å². The lowest BCUT2D eigenvalue weighted by atomic mass is 9.82. The number of carbonyl (C=O) groups is 1. The Kier molecular flexibility index (Phi) is 2.42. The van der Waals surface area contributed by atoms with Gasteiger partial charge in [0.2, 0.25) is 0 Å². The number of hydrogen-bond donors (Lipinski definition) is 1. The molecule has 0 aliphatic carbocycles. The minimum absolute atomic E-state index is 0.482. The van der Waals surface area contributed by atoms with Crippen molar-refractivity contribution in [3.05, 3.63) is 0 Å². The monoisotopic (exact) mass is 171 g/mol. The first kappa shape index (κ1) is 9.52. The van der Waals surface area contributed by atoms with Crippen LogP contribution in [0.3, 0.4) is 0 Å². The molecule has 70 valence electrons. The lowest BCUT2D eigenvalue weighted by molar-refractivity contribution is -0.148. The van der Waals surface area contributed by atoms with Crippen LogP contribution in [0.1, 0.15) is 26.7 Å². The summed E-state index contributed by atoms with van der Waals surface area (Å²) in [4.78, 5) is 13.0.